The molecule has 2 amide bonds. The second-order valence-corrected chi connectivity index (χ2v) is 6.90. The third-order valence-electron chi connectivity index (χ3n) is 4.64. The fourth-order valence-corrected chi connectivity index (χ4v) is 3.12. The van der Waals surface area contributed by atoms with E-state index in [-0.39, 0.29) is 31.0 Å². The van der Waals surface area contributed by atoms with Gasteiger partial charge in [-0.25, -0.2) is 4.39 Å². The van der Waals surface area contributed by atoms with Crippen LogP contribution in [0.4, 0.5) is 23.2 Å². The highest BCUT2D eigenvalue weighted by molar-refractivity contribution is 5.94. The van der Waals surface area contributed by atoms with Gasteiger partial charge in [-0.2, -0.15) is 13.2 Å². The fraction of sp³-hybridized carbons (Fsp3) is 0.333. The zero-order valence-corrected chi connectivity index (χ0v) is 15.9. The van der Waals surface area contributed by atoms with Crippen LogP contribution in [0.3, 0.4) is 0 Å². The monoisotopic (exact) mass is 424 g/mol. The SMILES string of the molecule is O=C(CCCOc1ccc2c(c1)CCC(=O)N2)NCc1ccc(F)cc1C(F)(F)F. The number of carbonyl (C=O) groups excluding carboxylic acids is 2. The number of anilines is 1. The molecular weight excluding hydrogens is 404 g/mol. The molecule has 0 bridgehead atoms. The van der Waals surface area contributed by atoms with E-state index in [1.54, 1.807) is 12.1 Å². The van der Waals surface area contributed by atoms with Crippen LogP contribution in [-0.4, -0.2) is 18.4 Å². The first-order valence-corrected chi connectivity index (χ1v) is 9.40. The Kier molecular flexibility index (Phi) is 6.59. The lowest BCUT2D eigenvalue weighted by Gasteiger charge is -2.17. The van der Waals surface area contributed by atoms with Crippen molar-refractivity contribution in [2.24, 2.45) is 0 Å². The van der Waals surface area contributed by atoms with Crippen molar-refractivity contribution >= 4 is 17.5 Å². The van der Waals surface area contributed by atoms with E-state index in [1.807, 2.05) is 6.07 Å². The first-order chi connectivity index (χ1) is 14.2. The van der Waals surface area contributed by atoms with Crippen LogP contribution in [0.15, 0.2) is 36.4 Å². The maximum Gasteiger partial charge on any atom is 0.416 e. The van der Waals surface area contributed by atoms with Crippen molar-refractivity contribution in [1.29, 1.82) is 0 Å². The van der Waals surface area contributed by atoms with Crippen LogP contribution < -0.4 is 15.4 Å². The average molecular weight is 424 g/mol. The van der Waals surface area contributed by atoms with Gasteiger partial charge >= 0.3 is 6.18 Å². The Bertz CT molecular complexity index is 944. The highest BCUT2D eigenvalue weighted by Crippen LogP contribution is 2.32. The Hall–Kier alpha value is -3.10. The summed E-state index contributed by atoms with van der Waals surface area (Å²) >= 11 is 0. The second kappa shape index (κ2) is 9.15. The van der Waals surface area contributed by atoms with Gasteiger partial charge in [-0.3, -0.25) is 9.59 Å². The predicted octanol–water partition coefficient (Wildman–Crippen LogP) is 4.20. The summed E-state index contributed by atoms with van der Waals surface area (Å²) in [7, 11) is 0. The Labute approximate surface area is 170 Å². The number of carbonyl (C=O) groups is 2. The van der Waals surface area contributed by atoms with Gasteiger partial charge in [0, 0.05) is 25.1 Å². The summed E-state index contributed by atoms with van der Waals surface area (Å²) in [6.45, 7) is -0.0890. The molecule has 0 atom stereocenters. The molecule has 5 nitrogen and oxygen atoms in total. The van der Waals surface area contributed by atoms with Crippen LogP contribution in [0.1, 0.15) is 36.0 Å². The molecule has 2 N–H and O–H groups in total. The van der Waals surface area contributed by atoms with Gasteiger partial charge in [0.05, 0.1) is 12.2 Å². The van der Waals surface area contributed by atoms with Gasteiger partial charge in [0.15, 0.2) is 0 Å². The van der Waals surface area contributed by atoms with E-state index < -0.39 is 23.5 Å². The van der Waals surface area contributed by atoms with Crippen molar-refractivity contribution in [3.8, 4) is 5.75 Å². The summed E-state index contributed by atoms with van der Waals surface area (Å²) in [4.78, 5) is 23.3. The molecule has 0 saturated carbocycles. The van der Waals surface area contributed by atoms with Crippen LogP contribution in [0.25, 0.3) is 0 Å². The van der Waals surface area contributed by atoms with E-state index in [0.29, 0.717) is 31.1 Å². The number of nitrogens with one attached hydrogen (secondary N) is 2. The number of ether oxygens (including phenoxy) is 1. The number of hydrogen-bond donors (Lipinski definition) is 2. The zero-order valence-electron chi connectivity index (χ0n) is 15.9. The number of benzene rings is 2. The summed E-state index contributed by atoms with van der Waals surface area (Å²) in [6, 6.07) is 7.67. The van der Waals surface area contributed by atoms with Gasteiger partial charge in [0.25, 0.3) is 0 Å². The van der Waals surface area contributed by atoms with Crippen LogP contribution in [-0.2, 0) is 28.7 Å². The molecule has 0 unspecified atom stereocenters. The van der Waals surface area contributed by atoms with Crippen molar-refractivity contribution in [1.82, 2.24) is 5.32 Å². The lowest BCUT2D eigenvalue weighted by atomic mass is 10.0. The number of rotatable bonds is 7. The standard InChI is InChI=1S/C21H20F4N2O3/c22-15-5-3-14(17(11-15)21(23,24)25)12-26-19(28)2-1-9-30-16-6-7-18-13(10-16)4-8-20(29)27-18/h3,5-7,10-11H,1-2,4,8-9,12H2,(H,26,28)(H,27,29). The van der Waals surface area contributed by atoms with Crippen LogP contribution >= 0.6 is 0 Å². The number of amides is 2. The van der Waals surface area contributed by atoms with Crippen molar-refractivity contribution in [2.75, 3.05) is 11.9 Å². The smallest absolute Gasteiger partial charge is 0.416 e. The molecule has 2 aromatic rings. The minimum Gasteiger partial charge on any atom is -0.494 e. The molecule has 160 valence electrons. The first kappa shape index (κ1) is 21.6. The minimum atomic E-state index is -4.70. The van der Waals surface area contributed by atoms with Gasteiger partial charge in [0.1, 0.15) is 11.6 Å². The van der Waals surface area contributed by atoms with Crippen molar-refractivity contribution < 1.29 is 31.9 Å². The normalized spacial score (nSPS) is 13.4. The molecule has 0 saturated heterocycles. The second-order valence-electron chi connectivity index (χ2n) is 6.90. The van der Waals surface area contributed by atoms with E-state index in [0.717, 1.165) is 23.4 Å². The maximum absolute atomic E-state index is 13.1. The molecule has 0 spiro atoms. The molecule has 2 aromatic carbocycles. The number of halogens is 4. The molecule has 0 radical (unpaired) electrons. The molecule has 0 aromatic heterocycles. The number of hydrogen-bond acceptors (Lipinski definition) is 3. The van der Waals surface area contributed by atoms with E-state index >= 15 is 0 Å². The predicted molar refractivity (Wildman–Crippen MR) is 101 cm³/mol. The van der Waals surface area contributed by atoms with Crippen molar-refractivity contribution in [3.05, 3.63) is 58.9 Å². The van der Waals surface area contributed by atoms with Crippen LogP contribution in [0.5, 0.6) is 5.75 Å². The van der Waals surface area contributed by atoms with Crippen LogP contribution in [0, 0.1) is 5.82 Å². The van der Waals surface area contributed by atoms with E-state index in [1.165, 1.54) is 0 Å². The topological polar surface area (TPSA) is 67.4 Å². The molecule has 0 fully saturated rings. The minimum absolute atomic E-state index is 0.0230. The molecule has 1 aliphatic heterocycles. The summed E-state index contributed by atoms with van der Waals surface area (Å²) in [5.41, 5.74) is 0.436. The molecule has 9 heteroatoms. The Morgan fingerprint density at radius 2 is 1.93 bits per heavy atom. The van der Waals surface area contributed by atoms with E-state index in [9.17, 15) is 27.2 Å². The number of aryl methyl sites for hydroxylation is 1. The Morgan fingerprint density at radius 1 is 1.13 bits per heavy atom. The van der Waals surface area contributed by atoms with Gasteiger partial charge < -0.3 is 15.4 Å². The number of fused-ring (bicyclic) bond motifs is 1. The third-order valence-corrected chi connectivity index (χ3v) is 4.64. The van der Waals surface area contributed by atoms with Crippen LogP contribution in [0.2, 0.25) is 0 Å². The summed E-state index contributed by atoms with van der Waals surface area (Å²) in [6.07, 6.45) is -3.21. The summed E-state index contributed by atoms with van der Waals surface area (Å²) in [5, 5.41) is 5.19. The van der Waals surface area contributed by atoms with E-state index in [2.05, 4.69) is 10.6 Å². The maximum atomic E-state index is 13.1. The largest absolute Gasteiger partial charge is 0.494 e. The summed E-state index contributed by atoms with van der Waals surface area (Å²) < 4.78 is 57.6. The third kappa shape index (κ3) is 5.71. The van der Waals surface area contributed by atoms with Gasteiger partial charge in [-0.1, -0.05) is 6.07 Å². The summed E-state index contributed by atoms with van der Waals surface area (Å²) in [5.74, 6) is -0.820. The van der Waals surface area contributed by atoms with Crippen molar-refractivity contribution in [2.45, 2.75) is 38.4 Å². The molecular formula is C21H20F4N2O3. The van der Waals surface area contributed by atoms with Gasteiger partial charge in [-0.05, 0) is 54.3 Å². The Balaban J connectivity index is 1.43. The average Bonchev–Trinajstić information content (AvgIpc) is 2.69. The first-order valence-electron chi connectivity index (χ1n) is 9.40. The fourth-order valence-electron chi connectivity index (χ4n) is 3.12. The zero-order chi connectivity index (χ0) is 21.7. The Morgan fingerprint density at radius 3 is 2.70 bits per heavy atom. The quantitative estimate of drug-likeness (QED) is 0.517. The number of alkyl halides is 3. The van der Waals surface area contributed by atoms with Crippen molar-refractivity contribution in [3.63, 3.8) is 0 Å². The van der Waals surface area contributed by atoms with E-state index in [4.69, 9.17) is 4.74 Å². The molecule has 1 heterocycles. The van der Waals surface area contributed by atoms with Gasteiger partial charge in [0.2, 0.25) is 11.8 Å². The molecule has 30 heavy (non-hydrogen) atoms. The highest BCUT2D eigenvalue weighted by Gasteiger charge is 2.33. The molecule has 3 rings (SSSR count). The molecule has 1 aliphatic rings. The molecule has 0 aliphatic carbocycles. The van der Waals surface area contributed by atoms with Gasteiger partial charge in [-0.15, -0.1) is 0 Å². The lowest BCUT2D eigenvalue weighted by molar-refractivity contribution is -0.138. The highest BCUT2D eigenvalue weighted by atomic mass is 19.4. The lowest BCUT2D eigenvalue weighted by Crippen LogP contribution is -2.24.